The molecule has 4 atom stereocenters. The molecular formula is C41H73N9O12. The fourth-order valence-electron chi connectivity index (χ4n) is 5.88. The Morgan fingerprint density at radius 3 is 1.65 bits per heavy atom. The topological polar surface area (TPSA) is 264 Å². The van der Waals surface area contributed by atoms with Gasteiger partial charge in [0.25, 0.3) is 11.8 Å². The Balaban J connectivity index is 3.03. The molecule has 0 bridgehead atoms. The fourth-order valence-corrected chi connectivity index (χ4v) is 5.88. The van der Waals surface area contributed by atoms with Crippen molar-refractivity contribution >= 4 is 47.6 Å². The molecule has 0 aromatic carbocycles. The smallest absolute Gasteiger partial charge is 0.253 e. The molecule has 1 aliphatic heterocycles. The quantitative estimate of drug-likeness (QED) is 0.0194. The van der Waals surface area contributed by atoms with E-state index in [9.17, 15) is 38.4 Å². The molecule has 0 saturated heterocycles. The lowest BCUT2D eigenvalue weighted by molar-refractivity contribution is -0.139. The predicted octanol–water partition coefficient (Wildman–Crippen LogP) is -2.38. The number of rotatable bonds is 38. The van der Waals surface area contributed by atoms with Crippen molar-refractivity contribution in [3.63, 3.8) is 0 Å². The monoisotopic (exact) mass is 884 g/mol. The van der Waals surface area contributed by atoms with Crippen LogP contribution in [-0.4, -0.2) is 194 Å². The first kappa shape index (κ1) is 55.6. The summed E-state index contributed by atoms with van der Waals surface area (Å²) in [5.74, 6) is -3.45. The average Bonchev–Trinajstić information content (AvgIpc) is 3.58. The van der Waals surface area contributed by atoms with Crippen molar-refractivity contribution in [2.75, 3.05) is 113 Å². The summed E-state index contributed by atoms with van der Waals surface area (Å²) < 4.78 is 21.7. The highest BCUT2D eigenvalue weighted by Crippen LogP contribution is 2.13. The summed E-state index contributed by atoms with van der Waals surface area (Å²) >= 11 is 0. The number of hydrogen-bond acceptors (Lipinski definition) is 15. The van der Waals surface area contributed by atoms with Crippen LogP contribution >= 0.6 is 0 Å². The summed E-state index contributed by atoms with van der Waals surface area (Å²) in [4.78, 5) is 105. The van der Waals surface area contributed by atoms with Gasteiger partial charge in [0.05, 0.1) is 71.0 Å². The van der Waals surface area contributed by atoms with Crippen LogP contribution in [0.5, 0.6) is 0 Å². The van der Waals surface area contributed by atoms with Gasteiger partial charge in [-0.3, -0.25) is 38.5 Å². The summed E-state index contributed by atoms with van der Waals surface area (Å²) in [5.41, 5.74) is 0. The largest absolute Gasteiger partial charge is 0.379 e. The molecule has 1 aliphatic rings. The summed E-state index contributed by atoms with van der Waals surface area (Å²) in [7, 11) is 3.65. The zero-order chi connectivity index (χ0) is 46.1. The molecular weight excluding hydrogens is 811 g/mol. The molecule has 0 aromatic rings. The van der Waals surface area contributed by atoms with Crippen LogP contribution in [-0.2, 0) is 57.3 Å². The highest BCUT2D eigenvalue weighted by molar-refractivity contribution is 6.13. The van der Waals surface area contributed by atoms with Gasteiger partial charge in [0.15, 0.2) is 0 Å². The average molecular weight is 884 g/mol. The first-order valence-electron chi connectivity index (χ1n) is 21.5. The van der Waals surface area contributed by atoms with Gasteiger partial charge in [-0.15, -0.1) is 0 Å². The summed E-state index contributed by atoms with van der Waals surface area (Å²) in [5, 5.41) is 19.9. The van der Waals surface area contributed by atoms with Gasteiger partial charge in [-0.1, -0.05) is 20.8 Å². The molecule has 0 radical (unpaired) electrons. The van der Waals surface area contributed by atoms with Crippen LogP contribution in [0.1, 0.15) is 59.8 Å². The third-order valence-electron chi connectivity index (χ3n) is 9.51. The van der Waals surface area contributed by atoms with E-state index in [0.29, 0.717) is 52.3 Å². The normalized spacial score (nSPS) is 14.3. The molecule has 1 unspecified atom stereocenters. The second kappa shape index (κ2) is 34.1. The van der Waals surface area contributed by atoms with E-state index in [1.807, 2.05) is 14.1 Å². The lowest BCUT2D eigenvalue weighted by atomic mass is 10.0. The van der Waals surface area contributed by atoms with Crippen LogP contribution in [0.25, 0.3) is 0 Å². The molecule has 1 heterocycles. The van der Waals surface area contributed by atoms with E-state index in [2.05, 4.69) is 37.2 Å². The third kappa shape index (κ3) is 24.3. The van der Waals surface area contributed by atoms with E-state index in [0.717, 1.165) is 18.0 Å². The predicted molar refractivity (Wildman–Crippen MR) is 229 cm³/mol. The number of aldehydes is 1. The van der Waals surface area contributed by atoms with Crippen molar-refractivity contribution in [1.29, 1.82) is 0 Å². The highest BCUT2D eigenvalue weighted by atomic mass is 16.5. The minimum atomic E-state index is -1.06. The van der Waals surface area contributed by atoms with Crippen molar-refractivity contribution in [2.24, 2.45) is 5.92 Å². The summed E-state index contributed by atoms with van der Waals surface area (Å²) in [6.07, 6.45) is 3.27. The van der Waals surface area contributed by atoms with Crippen LogP contribution in [0.3, 0.4) is 0 Å². The molecule has 7 amide bonds. The molecule has 0 fully saturated rings. The Bertz CT molecular complexity index is 1350. The zero-order valence-corrected chi connectivity index (χ0v) is 37.6. The highest BCUT2D eigenvalue weighted by Gasteiger charge is 2.33. The van der Waals surface area contributed by atoms with Crippen molar-refractivity contribution in [2.45, 2.75) is 84.0 Å². The maximum atomic E-state index is 13.9. The second-order valence-corrected chi connectivity index (χ2v) is 14.8. The Morgan fingerprint density at radius 2 is 1.19 bits per heavy atom. The van der Waals surface area contributed by atoms with Gasteiger partial charge in [-0.2, -0.15) is 0 Å². The SMILES string of the molecule is CCC(CN[C@@H](CCC(=O)N(CCNC(=O)CCOCCOCCNC)CCNC(=O)CCOCCOCCNC)C(=O)N[C@H](C(=O)N[C@@H](C)C=O)C(C)C)N1C(=O)C=CC1=O. The fraction of sp³-hybridized carbons (Fsp3) is 0.756. The number of imide groups is 1. The van der Waals surface area contributed by atoms with Crippen molar-refractivity contribution in [1.82, 2.24) is 47.0 Å². The number of carbonyl (C=O) groups excluding carboxylic acids is 8. The van der Waals surface area contributed by atoms with Gasteiger partial charge < -0.3 is 65.9 Å². The third-order valence-corrected chi connectivity index (χ3v) is 9.51. The molecule has 354 valence electrons. The Morgan fingerprint density at radius 1 is 0.694 bits per heavy atom. The van der Waals surface area contributed by atoms with Crippen LogP contribution in [0.15, 0.2) is 12.2 Å². The lowest BCUT2D eigenvalue weighted by Gasteiger charge is -2.30. The van der Waals surface area contributed by atoms with Crippen LogP contribution in [0.4, 0.5) is 0 Å². The van der Waals surface area contributed by atoms with E-state index in [1.54, 1.807) is 20.8 Å². The molecule has 21 nitrogen and oxygen atoms in total. The Labute approximate surface area is 366 Å². The number of likely N-dealkylation sites (N-methyl/N-ethyl adjacent to an activating group) is 2. The van der Waals surface area contributed by atoms with Crippen molar-refractivity contribution in [3.05, 3.63) is 12.2 Å². The first-order valence-corrected chi connectivity index (χ1v) is 21.5. The minimum absolute atomic E-state index is 0.0184. The van der Waals surface area contributed by atoms with E-state index in [-0.39, 0.29) is 95.3 Å². The minimum Gasteiger partial charge on any atom is -0.379 e. The van der Waals surface area contributed by atoms with E-state index in [4.69, 9.17) is 18.9 Å². The maximum Gasteiger partial charge on any atom is 0.253 e. The molecule has 62 heavy (non-hydrogen) atoms. The maximum absolute atomic E-state index is 13.9. The first-order chi connectivity index (χ1) is 29.8. The molecule has 0 aromatic heterocycles. The second-order valence-electron chi connectivity index (χ2n) is 14.8. The molecule has 0 aliphatic carbocycles. The number of ether oxygens (including phenoxy) is 4. The van der Waals surface area contributed by atoms with Gasteiger partial charge in [0.2, 0.25) is 29.5 Å². The number of nitrogens with one attached hydrogen (secondary N) is 7. The van der Waals surface area contributed by atoms with E-state index < -0.39 is 47.8 Å². The number of amides is 7. The number of hydrogen-bond donors (Lipinski definition) is 7. The van der Waals surface area contributed by atoms with Crippen LogP contribution < -0.4 is 37.2 Å². The van der Waals surface area contributed by atoms with Crippen LogP contribution in [0.2, 0.25) is 0 Å². The number of carbonyl (C=O) groups is 8. The molecule has 7 N–H and O–H groups in total. The lowest BCUT2D eigenvalue weighted by Crippen LogP contribution is -2.57. The number of nitrogens with zero attached hydrogens (tertiary/aromatic N) is 2. The summed E-state index contributed by atoms with van der Waals surface area (Å²) in [6.45, 7) is 11.5. The summed E-state index contributed by atoms with van der Waals surface area (Å²) in [6, 6.07) is -3.48. The van der Waals surface area contributed by atoms with Gasteiger partial charge >= 0.3 is 0 Å². The van der Waals surface area contributed by atoms with Crippen molar-refractivity contribution in [3.8, 4) is 0 Å². The van der Waals surface area contributed by atoms with Crippen molar-refractivity contribution < 1.29 is 57.3 Å². The van der Waals surface area contributed by atoms with Gasteiger partial charge in [0, 0.05) is 77.2 Å². The zero-order valence-electron chi connectivity index (χ0n) is 37.6. The molecule has 1 rings (SSSR count). The Kier molecular flexibility index (Phi) is 30.6. The van der Waals surface area contributed by atoms with Crippen LogP contribution in [0, 0.1) is 5.92 Å². The van der Waals surface area contributed by atoms with Gasteiger partial charge in [-0.05, 0) is 39.8 Å². The molecule has 21 heteroatoms. The molecule has 0 spiro atoms. The molecule has 0 saturated carbocycles. The Hall–Kier alpha value is -4.38. The van der Waals surface area contributed by atoms with E-state index in [1.165, 1.54) is 24.0 Å². The van der Waals surface area contributed by atoms with Gasteiger partial charge in [0.1, 0.15) is 12.3 Å². The van der Waals surface area contributed by atoms with E-state index >= 15 is 0 Å². The van der Waals surface area contributed by atoms with Gasteiger partial charge in [-0.25, -0.2) is 0 Å². The standard InChI is InChI=1S/C41H73N9O12/c1-7-32(50-37(55)10-11-38(50)56)28-46-33(40(57)48-39(30(2)3)41(58)47-31(4)29-51)8-9-36(54)49(18-14-44-34(52)12-20-59-24-26-61-22-16-42-5)19-15-45-35(53)13-21-60-25-27-62-23-17-43-6/h10-11,29-33,39,42-43,46H,7-9,12-28H2,1-6H3,(H,44,52)(H,45,53)(H,47,58)(H,48,57)/t31-,32?,33-,39-/m0/s1.